The van der Waals surface area contributed by atoms with Crippen molar-refractivity contribution in [2.75, 3.05) is 78.2 Å². The molecule has 0 fully saturated rings. The van der Waals surface area contributed by atoms with E-state index in [9.17, 15) is 9.59 Å². The number of aromatic amines is 2. The summed E-state index contributed by atoms with van der Waals surface area (Å²) in [4.78, 5) is 52.3. The third kappa shape index (κ3) is 18.4. The van der Waals surface area contributed by atoms with E-state index in [4.69, 9.17) is 40.8 Å². The van der Waals surface area contributed by atoms with Gasteiger partial charge >= 0.3 is 11.9 Å². The minimum absolute atomic E-state index is 0.0627. The number of carbonyl (C=O) groups is 2. The summed E-state index contributed by atoms with van der Waals surface area (Å²) < 4.78 is 16.2. The van der Waals surface area contributed by atoms with Crippen LogP contribution in [0.1, 0.15) is 134 Å². The lowest BCUT2D eigenvalue weighted by molar-refractivity contribution is -0.156. The minimum Gasteiger partial charge on any atom is -0.481 e. The number of rotatable bonds is 30. The quantitative estimate of drug-likeness (QED) is 0.0209. The molecule has 6 rings (SSSR count). The molecule has 7 N–H and O–H groups in total. The Labute approximate surface area is 415 Å². The van der Waals surface area contributed by atoms with E-state index < -0.39 is 11.6 Å². The number of H-pyrrole nitrogens is 2. The van der Waals surface area contributed by atoms with E-state index >= 15 is 0 Å². The Hall–Kier alpha value is -5.42. The van der Waals surface area contributed by atoms with Gasteiger partial charge in [-0.3, -0.25) is 9.59 Å². The molecule has 70 heavy (non-hydrogen) atoms. The van der Waals surface area contributed by atoms with E-state index in [0.717, 1.165) is 172 Å². The first kappa shape index (κ1) is 55.5. The van der Waals surface area contributed by atoms with E-state index in [-0.39, 0.29) is 19.0 Å². The molecule has 4 heterocycles. The molecule has 0 amide bonds. The second kappa shape index (κ2) is 28.4. The number of hydrogen-bond donors (Lipinski definition) is 5. The van der Waals surface area contributed by atoms with E-state index in [0.29, 0.717) is 37.9 Å². The van der Waals surface area contributed by atoms with Crippen LogP contribution in [0.4, 0.5) is 11.6 Å². The van der Waals surface area contributed by atoms with Crippen molar-refractivity contribution < 1.29 is 28.9 Å². The van der Waals surface area contributed by atoms with Crippen LogP contribution in [0.5, 0.6) is 0 Å². The summed E-state index contributed by atoms with van der Waals surface area (Å²) in [5.74, 6) is 1.97. The molecule has 0 radical (unpaired) electrons. The first-order valence-corrected chi connectivity index (χ1v) is 25.7. The summed E-state index contributed by atoms with van der Waals surface area (Å²) in [7, 11) is 4.18. The van der Waals surface area contributed by atoms with Crippen molar-refractivity contribution in [1.29, 1.82) is 0 Å². The number of carboxylic acids is 1. The topological polar surface area (TPSA) is 224 Å². The van der Waals surface area contributed by atoms with E-state index in [1.54, 1.807) is 0 Å². The number of esters is 1. The number of carbonyl (C=O) groups excluding carboxylic acids is 1. The van der Waals surface area contributed by atoms with Crippen molar-refractivity contribution in [3.05, 3.63) is 59.2 Å². The lowest BCUT2D eigenvalue weighted by Crippen LogP contribution is -2.26. The van der Waals surface area contributed by atoms with Gasteiger partial charge in [0.15, 0.2) is 0 Å². The van der Waals surface area contributed by atoms with Gasteiger partial charge in [-0.2, -0.15) is 0 Å². The lowest BCUT2D eigenvalue weighted by atomic mass is 10.0. The Kier molecular flexibility index (Phi) is 22.5. The SMILES string of the molecule is CCCCc1nc2c([nH]1)c(N)nc1cc(CCCCCN(C)CCOCCC(=O)O)ccc12.CCCCc1nc2c([nH]1)c(N)nc1cc(CCCCCN(C)CCOCCC(=O)OC(C)(C)C)ccc12. The van der Waals surface area contributed by atoms with Crippen LogP contribution in [0.15, 0.2) is 36.4 Å². The zero-order valence-electron chi connectivity index (χ0n) is 43.3. The highest BCUT2D eigenvalue weighted by atomic mass is 16.6. The molecule has 4 aromatic heterocycles. The maximum atomic E-state index is 11.7. The highest BCUT2D eigenvalue weighted by Gasteiger charge is 2.17. The van der Waals surface area contributed by atoms with Crippen molar-refractivity contribution in [2.24, 2.45) is 0 Å². The van der Waals surface area contributed by atoms with Gasteiger partial charge in [0.25, 0.3) is 0 Å². The zero-order chi connectivity index (χ0) is 50.5. The number of aromatic nitrogens is 6. The van der Waals surface area contributed by atoms with E-state index in [2.05, 4.69) is 94.1 Å². The smallest absolute Gasteiger partial charge is 0.308 e. The van der Waals surface area contributed by atoms with Crippen LogP contribution in [-0.2, 0) is 49.5 Å². The maximum absolute atomic E-state index is 11.7. The highest BCUT2D eigenvalue weighted by molar-refractivity contribution is 6.07. The number of ether oxygens (including phenoxy) is 3. The number of nitrogen functional groups attached to an aromatic ring is 2. The number of unbranched alkanes of at least 4 members (excludes halogenated alkanes) is 6. The molecule has 16 heteroatoms. The monoisotopic (exact) mass is 967 g/mol. The Bertz CT molecular complexity index is 2550. The van der Waals surface area contributed by atoms with Crippen molar-refractivity contribution in [3.8, 4) is 0 Å². The van der Waals surface area contributed by atoms with E-state index in [1.165, 1.54) is 11.1 Å². The molecular formula is C54H82N10O6. The molecule has 6 aromatic rings. The summed E-state index contributed by atoms with van der Waals surface area (Å²) in [5, 5.41) is 10.7. The number of nitrogens with two attached hydrogens (primary N) is 2. The Morgan fingerprint density at radius 2 is 1.06 bits per heavy atom. The zero-order valence-corrected chi connectivity index (χ0v) is 43.3. The number of fused-ring (bicyclic) bond motifs is 6. The number of aliphatic carboxylic acids is 1. The number of imidazole rings is 2. The van der Waals surface area contributed by atoms with Gasteiger partial charge < -0.3 is 50.6 Å². The van der Waals surface area contributed by atoms with Gasteiger partial charge in [0.1, 0.15) is 51.0 Å². The van der Waals surface area contributed by atoms with Crippen molar-refractivity contribution in [2.45, 2.75) is 143 Å². The normalized spacial score (nSPS) is 12.0. The molecule has 0 saturated carbocycles. The summed E-state index contributed by atoms with van der Waals surface area (Å²) in [6, 6.07) is 12.9. The fourth-order valence-electron chi connectivity index (χ4n) is 8.30. The van der Waals surface area contributed by atoms with E-state index in [1.807, 2.05) is 20.8 Å². The minimum atomic E-state index is -0.819. The van der Waals surface area contributed by atoms with Gasteiger partial charge in [-0.25, -0.2) is 19.9 Å². The van der Waals surface area contributed by atoms with Gasteiger partial charge in [-0.1, -0.05) is 63.8 Å². The van der Waals surface area contributed by atoms with Crippen LogP contribution in [0.2, 0.25) is 0 Å². The van der Waals surface area contributed by atoms with Gasteiger partial charge in [-0.15, -0.1) is 0 Å². The molecule has 0 aliphatic rings. The molecule has 0 aliphatic heterocycles. The molecule has 0 saturated heterocycles. The second-order valence-electron chi connectivity index (χ2n) is 19.7. The summed E-state index contributed by atoms with van der Waals surface area (Å²) in [5.41, 5.74) is 20.0. The average molecular weight is 967 g/mol. The second-order valence-corrected chi connectivity index (χ2v) is 19.7. The summed E-state index contributed by atoms with van der Waals surface area (Å²) in [6.45, 7) is 15.6. The molecule has 0 unspecified atom stereocenters. The first-order chi connectivity index (χ1) is 33.6. The van der Waals surface area contributed by atoms with Gasteiger partial charge in [0.05, 0.1) is 50.3 Å². The third-order valence-electron chi connectivity index (χ3n) is 12.2. The van der Waals surface area contributed by atoms with Crippen LogP contribution in [0.3, 0.4) is 0 Å². The molecular weight excluding hydrogens is 885 g/mol. The molecule has 0 bridgehead atoms. The number of nitrogens with one attached hydrogen (secondary N) is 2. The largest absolute Gasteiger partial charge is 0.481 e. The lowest BCUT2D eigenvalue weighted by Gasteiger charge is -2.19. The predicted molar refractivity (Wildman–Crippen MR) is 283 cm³/mol. The molecule has 16 nitrogen and oxygen atoms in total. The first-order valence-electron chi connectivity index (χ1n) is 25.7. The number of aryl methyl sites for hydroxylation is 4. The number of likely N-dealkylation sites (N-methyl/N-ethyl adjacent to an activating group) is 2. The maximum Gasteiger partial charge on any atom is 0.308 e. The Balaban J connectivity index is 0.000000262. The number of hydrogen-bond acceptors (Lipinski definition) is 13. The van der Waals surface area contributed by atoms with Gasteiger partial charge in [-0.05, 0) is 123 Å². The van der Waals surface area contributed by atoms with Crippen molar-refractivity contribution >= 4 is 67.4 Å². The fraction of sp³-hybridized carbons (Fsp3) is 0.593. The number of benzene rings is 2. The van der Waals surface area contributed by atoms with Crippen molar-refractivity contribution in [1.82, 2.24) is 39.7 Å². The Morgan fingerprint density at radius 1 is 0.600 bits per heavy atom. The van der Waals surface area contributed by atoms with Crippen LogP contribution in [0, 0.1) is 0 Å². The van der Waals surface area contributed by atoms with Crippen LogP contribution < -0.4 is 11.5 Å². The van der Waals surface area contributed by atoms with Gasteiger partial charge in [0, 0.05) is 36.7 Å². The number of anilines is 2. The Morgan fingerprint density at radius 3 is 1.49 bits per heavy atom. The number of carboxylic acid groups (broad SMARTS) is 1. The summed E-state index contributed by atoms with van der Waals surface area (Å²) in [6.07, 6.45) is 15.6. The van der Waals surface area contributed by atoms with Crippen molar-refractivity contribution in [3.63, 3.8) is 0 Å². The number of nitrogens with zero attached hydrogens (tertiary/aromatic N) is 6. The highest BCUT2D eigenvalue weighted by Crippen LogP contribution is 2.29. The number of pyridine rings is 2. The summed E-state index contributed by atoms with van der Waals surface area (Å²) >= 11 is 0. The molecule has 0 atom stereocenters. The molecule has 0 aliphatic carbocycles. The fourth-order valence-corrected chi connectivity index (χ4v) is 8.30. The molecule has 2 aromatic carbocycles. The van der Waals surface area contributed by atoms with Crippen LogP contribution >= 0.6 is 0 Å². The van der Waals surface area contributed by atoms with Gasteiger partial charge in [0.2, 0.25) is 0 Å². The van der Waals surface area contributed by atoms with Crippen LogP contribution in [0.25, 0.3) is 43.9 Å². The van der Waals surface area contributed by atoms with Crippen LogP contribution in [-0.4, -0.2) is 129 Å². The standard InChI is InChI=1S/C29H45N5O3.C25H37N5O3/c1-6-7-12-24-32-26-22-14-13-21(20-23(22)31-28(30)27(26)33-24)11-9-8-10-16-34(5)17-19-36-18-15-25(35)37-29(2,3)4;1-3-4-9-21-28-23-19-11-10-18(17-20(19)27-25(26)24(23)29-21)8-6-5-7-13-30(2)14-16-33-15-12-22(31)32/h13-14,20H,6-12,15-19H2,1-5H3,(H2,30,31)(H,32,33);10-11,17H,3-9,12-16H2,1-2H3,(H2,26,27)(H,28,29)(H,31,32). The third-order valence-corrected chi connectivity index (χ3v) is 12.2. The molecule has 0 spiro atoms. The average Bonchev–Trinajstić information content (AvgIpc) is 3.95. The molecule has 384 valence electrons. The predicted octanol–water partition coefficient (Wildman–Crippen LogP) is 9.60.